The van der Waals surface area contributed by atoms with Gasteiger partial charge in [-0.1, -0.05) is 25.4 Å². The van der Waals surface area contributed by atoms with Crippen molar-refractivity contribution in [3.8, 4) is 0 Å². The Morgan fingerprint density at radius 2 is 2.14 bits per heavy atom. The lowest BCUT2D eigenvalue weighted by Crippen LogP contribution is -2.25. The van der Waals surface area contributed by atoms with Gasteiger partial charge in [0.2, 0.25) is 0 Å². The first-order chi connectivity index (χ1) is 10.1. The van der Waals surface area contributed by atoms with Crippen LogP contribution < -0.4 is 5.32 Å². The molecular weight excluding hydrogens is 291 g/mol. The van der Waals surface area contributed by atoms with Crippen LogP contribution in [0.5, 0.6) is 0 Å². The lowest BCUT2D eigenvalue weighted by atomic mass is 10.1. The Morgan fingerprint density at radius 3 is 2.67 bits per heavy atom. The van der Waals surface area contributed by atoms with Gasteiger partial charge in [0.25, 0.3) is 0 Å². The number of halogens is 2. The number of hydrogen-bond donors (Lipinski definition) is 1. The van der Waals surface area contributed by atoms with Crippen molar-refractivity contribution in [3.05, 3.63) is 46.3 Å². The van der Waals surface area contributed by atoms with E-state index in [2.05, 4.69) is 15.4 Å². The van der Waals surface area contributed by atoms with E-state index in [0.717, 1.165) is 30.0 Å². The molecule has 0 saturated heterocycles. The molecule has 0 aliphatic carbocycles. The van der Waals surface area contributed by atoms with Crippen molar-refractivity contribution in [3.63, 3.8) is 0 Å². The van der Waals surface area contributed by atoms with E-state index >= 15 is 0 Å². The van der Waals surface area contributed by atoms with E-state index in [-0.39, 0.29) is 11.9 Å². The van der Waals surface area contributed by atoms with Crippen LogP contribution in [-0.4, -0.2) is 21.3 Å². The number of rotatable bonds is 6. The molecule has 2 heterocycles. The largest absolute Gasteiger partial charge is 0.309 e. The van der Waals surface area contributed by atoms with Crippen LogP contribution in [0.3, 0.4) is 0 Å². The highest BCUT2D eigenvalue weighted by atomic mass is 35.5. The Kier molecular flexibility index (Phi) is 5.31. The van der Waals surface area contributed by atoms with Crippen LogP contribution >= 0.6 is 11.6 Å². The molecule has 1 atom stereocenters. The van der Waals surface area contributed by atoms with Crippen LogP contribution in [0.4, 0.5) is 4.39 Å². The van der Waals surface area contributed by atoms with Gasteiger partial charge in [-0.3, -0.25) is 9.67 Å². The normalized spacial score (nSPS) is 12.6. The van der Waals surface area contributed by atoms with Crippen molar-refractivity contribution < 1.29 is 4.39 Å². The molecule has 0 aromatic carbocycles. The molecule has 114 valence electrons. The van der Waals surface area contributed by atoms with Crippen molar-refractivity contribution in [2.45, 2.75) is 32.7 Å². The molecule has 0 bridgehead atoms. The molecular formula is C15H20ClFN4. The molecule has 0 saturated carbocycles. The zero-order chi connectivity index (χ0) is 15.4. The van der Waals surface area contributed by atoms with E-state index in [0.29, 0.717) is 11.4 Å². The van der Waals surface area contributed by atoms with Gasteiger partial charge in [-0.15, -0.1) is 0 Å². The number of nitrogens with one attached hydrogen (secondary N) is 1. The number of likely N-dealkylation sites (N-methyl/N-ethyl adjacent to an activating group) is 1. The molecule has 0 radical (unpaired) electrons. The van der Waals surface area contributed by atoms with Gasteiger partial charge in [-0.25, -0.2) is 4.39 Å². The molecule has 21 heavy (non-hydrogen) atoms. The van der Waals surface area contributed by atoms with Crippen LogP contribution in [0.1, 0.15) is 37.0 Å². The Labute approximate surface area is 129 Å². The molecule has 2 aromatic rings. The average Bonchev–Trinajstić information content (AvgIpc) is 2.75. The van der Waals surface area contributed by atoms with Gasteiger partial charge in [-0.2, -0.15) is 5.10 Å². The minimum atomic E-state index is -0.333. The van der Waals surface area contributed by atoms with Crippen molar-refractivity contribution >= 4 is 11.6 Å². The summed E-state index contributed by atoms with van der Waals surface area (Å²) in [5.41, 5.74) is 2.66. The van der Waals surface area contributed by atoms with Crippen molar-refractivity contribution in [1.82, 2.24) is 20.1 Å². The smallest absolute Gasteiger partial charge is 0.141 e. The van der Waals surface area contributed by atoms with E-state index in [1.54, 1.807) is 6.07 Å². The van der Waals surface area contributed by atoms with Gasteiger partial charge >= 0.3 is 0 Å². The van der Waals surface area contributed by atoms with Gasteiger partial charge in [0.15, 0.2) is 0 Å². The van der Waals surface area contributed by atoms with Crippen LogP contribution in [0.2, 0.25) is 5.02 Å². The second-order valence-corrected chi connectivity index (χ2v) is 5.28. The molecule has 1 N–H and O–H groups in total. The van der Waals surface area contributed by atoms with Crippen LogP contribution in [0.25, 0.3) is 0 Å². The fourth-order valence-corrected chi connectivity index (χ4v) is 2.73. The molecule has 0 aliphatic heterocycles. The lowest BCUT2D eigenvalue weighted by molar-refractivity contribution is 0.514. The standard InChI is InChI=1S/C15H20ClFN4/c1-4-11-15(16)14(21(3)20-11)8-13(18-5-2)12-7-6-10(17)9-19-12/h6-7,9,13,18H,4-5,8H2,1-3H3. The van der Waals surface area contributed by atoms with Crippen molar-refractivity contribution in [2.75, 3.05) is 6.54 Å². The van der Waals surface area contributed by atoms with Gasteiger partial charge in [0.1, 0.15) is 5.82 Å². The first-order valence-electron chi connectivity index (χ1n) is 7.11. The van der Waals surface area contributed by atoms with Crippen LogP contribution in [0.15, 0.2) is 18.3 Å². The molecule has 6 heteroatoms. The molecule has 0 fully saturated rings. The quantitative estimate of drug-likeness (QED) is 0.891. The number of hydrogen-bond acceptors (Lipinski definition) is 3. The summed E-state index contributed by atoms with van der Waals surface area (Å²) in [7, 11) is 1.89. The second-order valence-electron chi connectivity index (χ2n) is 4.90. The maximum Gasteiger partial charge on any atom is 0.141 e. The summed E-state index contributed by atoms with van der Waals surface area (Å²) in [4.78, 5) is 4.17. The Balaban J connectivity index is 2.28. The third-order valence-electron chi connectivity index (χ3n) is 3.46. The summed E-state index contributed by atoms with van der Waals surface area (Å²) < 4.78 is 14.8. The zero-order valence-electron chi connectivity index (χ0n) is 12.5. The van der Waals surface area contributed by atoms with Gasteiger partial charge in [-0.05, 0) is 25.1 Å². The summed E-state index contributed by atoms with van der Waals surface area (Å²) in [6.45, 7) is 4.85. The summed E-state index contributed by atoms with van der Waals surface area (Å²) in [5, 5.41) is 8.50. The molecule has 2 aromatic heterocycles. The summed E-state index contributed by atoms with van der Waals surface area (Å²) >= 11 is 6.40. The molecule has 0 aliphatic rings. The van der Waals surface area contributed by atoms with Crippen molar-refractivity contribution in [1.29, 1.82) is 0 Å². The number of pyridine rings is 1. The predicted molar refractivity (Wildman–Crippen MR) is 81.9 cm³/mol. The zero-order valence-corrected chi connectivity index (χ0v) is 13.3. The van der Waals surface area contributed by atoms with E-state index in [9.17, 15) is 4.39 Å². The van der Waals surface area contributed by atoms with E-state index < -0.39 is 0 Å². The molecule has 0 spiro atoms. The monoisotopic (exact) mass is 310 g/mol. The number of aryl methyl sites for hydroxylation is 2. The second kappa shape index (κ2) is 7.00. The minimum absolute atomic E-state index is 0.0202. The Hall–Kier alpha value is -1.46. The Bertz CT molecular complexity index is 594. The predicted octanol–water partition coefficient (Wildman–Crippen LogP) is 3.06. The topological polar surface area (TPSA) is 42.7 Å². The van der Waals surface area contributed by atoms with E-state index in [4.69, 9.17) is 11.6 Å². The highest BCUT2D eigenvalue weighted by Crippen LogP contribution is 2.25. The number of aromatic nitrogens is 3. The van der Waals surface area contributed by atoms with Crippen molar-refractivity contribution in [2.24, 2.45) is 7.05 Å². The maximum atomic E-state index is 13.0. The number of nitrogens with zero attached hydrogens (tertiary/aromatic N) is 3. The maximum absolute atomic E-state index is 13.0. The SMILES string of the molecule is CCNC(Cc1c(Cl)c(CC)nn1C)c1ccc(F)cn1. The van der Waals surface area contributed by atoms with Gasteiger partial charge in [0, 0.05) is 13.5 Å². The molecule has 1 unspecified atom stereocenters. The molecule has 0 amide bonds. The minimum Gasteiger partial charge on any atom is -0.309 e. The third-order valence-corrected chi connectivity index (χ3v) is 3.89. The average molecular weight is 311 g/mol. The van der Waals surface area contributed by atoms with E-state index in [1.165, 1.54) is 12.3 Å². The molecule has 4 nitrogen and oxygen atoms in total. The first kappa shape index (κ1) is 15.9. The first-order valence-corrected chi connectivity index (χ1v) is 7.49. The fraction of sp³-hybridized carbons (Fsp3) is 0.467. The highest BCUT2D eigenvalue weighted by molar-refractivity contribution is 6.31. The van der Waals surface area contributed by atoms with Crippen LogP contribution in [0, 0.1) is 5.82 Å². The van der Waals surface area contributed by atoms with E-state index in [1.807, 2.05) is 25.6 Å². The third kappa shape index (κ3) is 3.60. The molecule has 2 rings (SSSR count). The summed E-state index contributed by atoms with van der Waals surface area (Å²) in [6.07, 6.45) is 2.70. The fourth-order valence-electron chi connectivity index (χ4n) is 2.36. The lowest BCUT2D eigenvalue weighted by Gasteiger charge is -2.17. The Morgan fingerprint density at radius 1 is 1.38 bits per heavy atom. The summed E-state index contributed by atoms with van der Waals surface area (Å²) in [5.74, 6) is -0.333. The van der Waals surface area contributed by atoms with Crippen LogP contribution in [-0.2, 0) is 19.9 Å². The highest BCUT2D eigenvalue weighted by Gasteiger charge is 2.19. The van der Waals surface area contributed by atoms with Gasteiger partial charge < -0.3 is 5.32 Å². The summed E-state index contributed by atoms with van der Waals surface area (Å²) in [6, 6.07) is 3.11. The van der Waals surface area contributed by atoms with Gasteiger partial charge in [0.05, 0.1) is 34.3 Å².